The van der Waals surface area contributed by atoms with Crippen molar-refractivity contribution in [2.45, 2.75) is 13.3 Å². The predicted octanol–water partition coefficient (Wildman–Crippen LogP) is 3.43. The number of amides is 2. The first-order valence-electron chi connectivity index (χ1n) is 9.21. The Hall–Kier alpha value is -3.02. The maximum absolute atomic E-state index is 12.6. The van der Waals surface area contributed by atoms with Crippen molar-refractivity contribution in [1.29, 1.82) is 0 Å². The standard InChI is InChI=1S/C21H24N2O4/c1-2-16-26-18-10-8-17(9-11-18)20(24)22-12-14-23(15-13-22)21(25)27-19-6-4-3-5-7-19/h3-11H,2,12-16H2,1H3. The summed E-state index contributed by atoms with van der Waals surface area (Å²) >= 11 is 0. The van der Waals surface area contributed by atoms with E-state index in [4.69, 9.17) is 9.47 Å². The number of piperazine rings is 1. The van der Waals surface area contributed by atoms with Crippen LogP contribution < -0.4 is 9.47 Å². The molecule has 0 atom stereocenters. The summed E-state index contributed by atoms with van der Waals surface area (Å²) in [7, 11) is 0. The molecule has 0 bridgehead atoms. The molecule has 1 aliphatic rings. The fourth-order valence-corrected chi connectivity index (χ4v) is 2.84. The molecule has 6 nitrogen and oxygen atoms in total. The van der Waals surface area contributed by atoms with Crippen LogP contribution in [0, 0.1) is 0 Å². The van der Waals surface area contributed by atoms with Gasteiger partial charge in [-0.25, -0.2) is 4.79 Å². The van der Waals surface area contributed by atoms with Gasteiger partial charge in [-0.05, 0) is 42.8 Å². The first-order valence-corrected chi connectivity index (χ1v) is 9.21. The molecule has 2 aromatic rings. The smallest absolute Gasteiger partial charge is 0.415 e. The van der Waals surface area contributed by atoms with E-state index >= 15 is 0 Å². The van der Waals surface area contributed by atoms with Crippen LogP contribution in [0.25, 0.3) is 0 Å². The van der Waals surface area contributed by atoms with Gasteiger partial charge < -0.3 is 19.3 Å². The van der Waals surface area contributed by atoms with E-state index in [0.717, 1.165) is 12.2 Å². The number of hydrogen-bond acceptors (Lipinski definition) is 4. The second-order valence-electron chi connectivity index (χ2n) is 6.33. The SMILES string of the molecule is CCCOc1ccc(C(=O)N2CCN(C(=O)Oc3ccccc3)CC2)cc1. The molecule has 2 aromatic carbocycles. The molecular formula is C21H24N2O4. The van der Waals surface area contributed by atoms with Crippen LogP contribution in [0.3, 0.4) is 0 Å². The Balaban J connectivity index is 1.51. The number of nitrogens with zero attached hydrogens (tertiary/aromatic N) is 2. The van der Waals surface area contributed by atoms with Gasteiger partial charge in [0.2, 0.25) is 0 Å². The fraction of sp³-hybridized carbons (Fsp3) is 0.333. The van der Waals surface area contributed by atoms with Crippen LogP contribution in [0.1, 0.15) is 23.7 Å². The molecule has 0 unspecified atom stereocenters. The molecule has 0 aromatic heterocycles. The monoisotopic (exact) mass is 368 g/mol. The summed E-state index contributed by atoms with van der Waals surface area (Å²) in [4.78, 5) is 28.2. The number of carbonyl (C=O) groups excluding carboxylic acids is 2. The maximum atomic E-state index is 12.6. The highest BCUT2D eigenvalue weighted by Gasteiger charge is 2.26. The molecule has 0 spiro atoms. The third-order valence-corrected chi connectivity index (χ3v) is 4.35. The van der Waals surface area contributed by atoms with Crippen LogP contribution in [0.15, 0.2) is 54.6 Å². The number of benzene rings is 2. The van der Waals surface area contributed by atoms with Crippen LogP contribution in [-0.2, 0) is 0 Å². The van der Waals surface area contributed by atoms with Gasteiger partial charge in [-0.1, -0.05) is 25.1 Å². The summed E-state index contributed by atoms with van der Waals surface area (Å²) in [5.41, 5.74) is 0.624. The van der Waals surface area contributed by atoms with Crippen LogP contribution in [-0.4, -0.2) is 54.6 Å². The Morgan fingerprint density at radius 1 is 0.852 bits per heavy atom. The number of hydrogen-bond donors (Lipinski definition) is 0. The van der Waals surface area contributed by atoms with Crippen LogP contribution in [0.4, 0.5) is 4.79 Å². The summed E-state index contributed by atoms with van der Waals surface area (Å²) in [6, 6.07) is 16.2. The fourth-order valence-electron chi connectivity index (χ4n) is 2.84. The van der Waals surface area contributed by atoms with Gasteiger partial charge in [0.25, 0.3) is 5.91 Å². The normalized spacial score (nSPS) is 14.0. The van der Waals surface area contributed by atoms with Gasteiger partial charge in [-0.3, -0.25) is 4.79 Å². The molecular weight excluding hydrogens is 344 g/mol. The second kappa shape index (κ2) is 9.07. The lowest BCUT2D eigenvalue weighted by Gasteiger charge is -2.34. The highest BCUT2D eigenvalue weighted by atomic mass is 16.6. The quantitative estimate of drug-likeness (QED) is 0.811. The molecule has 3 rings (SSSR count). The van der Waals surface area contributed by atoms with E-state index in [1.807, 2.05) is 37.3 Å². The molecule has 0 aliphatic carbocycles. The first kappa shape index (κ1) is 18.8. The minimum Gasteiger partial charge on any atom is -0.494 e. The molecule has 0 N–H and O–H groups in total. The summed E-state index contributed by atoms with van der Waals surface area (Å²) < 4.78 is 10.9. The maximum Gasteiger partial charge on any atom is 0.415 e. The van der Waals surface area contributed by atoms with E-state index in [0.29, 0.717) is 44.1 Å². The van der Waals surface area contributed by atoms with Gasteiger partial charge >= 0.3 is 6.09 Å². The van der Waals surface area contributed by atoms with Crippen molar-refractivity contribution in [3.63, 3.8) is 0 Å². The molecule has 2 amide bonds. The van der Waals surface area contributed by atoms with E-state index < -0.39 is 0 Å². The van der Waals surface area contributed by atoms with Gasteiger partial charge in [0.15, 0.2) is 0 Å². The number of ether oxygens (including phenoxy) is 2. The van der Waals surface area contributed by atoms with E-state index in [9.17, 15) is 9.59 Å². The summed E-state index contributed by atoms with van der Waals surface area (Å²) in [5.74, 6) is 1.25. The lowest BCUT2D eigenvalue weighted by Crippen LogP contribution is -2.51. The highest BCUT2D eigenvalue weighted by molar-refractivity contribution is 5.94. The highest BCUT2D eigenvalue weighted by Crippen LogP contribution is 2.16. The van der Waals surface area contributed by atoms with Crippen LogP contribution >= 0.6 is 0 Å². The third-order valence-electron chi connectivity index (χ3n) is 4.35. The number of rotatable bonds is 5. The molecule has 0 saturated carbocycles. The van der Waals surface area contributed by atoms with E-state index in [1.165, 1.54) is 0 Å². The number of para-hydroxylation sites is 1. The Morgan fingerprint density at radius 3 is 2.11 bits per heavy atom. The molecule has 1 fully saturated rings. The summed E-state index contributed by atoms with van der Waals surface area (Å²) in [6.07, 6.45) is 0.559. The molecule has 142 valence electrons. The average Bonchev–Trinajstić information content (AvgIpc) is 2.73. The van der Waals surface area contributed by atoms with Gasteiger partial charge in [0.05, 0.1) is 6.61 Å². The molecule has 1 heterocycles. The van der Waals surface area contributed by atoms with Gasteiger partial charge in [-0.2, -0.15) is 0 Å². The van der Waals surface area contributed by atoms with Crippen molar-refractivity contribution in [2.24, 2.45) is 0 Å². The van der Waals surface area contributed by atoms with Crippen molar-refractivity contribution in [1.82, 2.24) is 9.80 Å². The summed E-state index contributed by atoms with van der Waals surface area (Å²) in [5, 5.41) is 0. The van der Waals surface area contributed by atoms with Crippen molar-refractivity contribution in [2.75, 3.05) is 32.8 Å². The molecule has 1 saturated heterocycles. The Bertz CT molecular complexity index is 754. The molecule has 6 heteroatoms. The second-order valence-corrected chi connectivity index (χ2v) is 6.33. The minimum absolute atomic E-state index is 0.0341. The van der Waals surface area contributed by atoms with E-state index in [2.05, 4.69) is 0 Å². The zero-order valence-electron chi connectivity index (χ0n) is 15.5. The predicted molar refractivity (Wildman–Crippen MR) is 102 cm³/mol. The molecule has 27 heavy (non-hydrogen) atoms. The van der Waals surface area contributed by atoms with Crippen LogP contribution in [0.2, 0.25) is 0 Å². The summed E-state index contributed by atoms with van der Waals surface area (Å²) in [6.45, 7) is 4.58. The lowest BCUT2D eigenvalue weighted by atomic mass is 10.1. The number of carbonyl (C=O) groups is 2. The van der Waals surface area contributed by atoms with E-state index in [1.54, 1.807) is 34.1 Å². The Kier molecular flexibility index (Phi) is 6.30. The van der Waals surface area contributed by atoms with Crippen molar-refractivity contribution in [3.8, 4) is 11.5 Å². The lowest BCUT2D eigenvalue weighted by molar-refractivity contribution is 0.0633. The van der Waals surface area contributed by atoms with Crippen molar-refractivity contribution >= 4 is 12.0 Å². The molecule has 1 aliphatic heterocycles. The van der Waals surface area contributed by atoms with Crippen LogP contribution in [0.5, 0.6) is 11.5 Å². The van der Waals surface area contributed by atoms with Crippen molar-refractivity contribution < 1.29 is 19.1 Å². The molecule has 0 radical (unpaired) electrons. The first-order chi connectivity index (χ1) is 13.2. The van der Waals surface area contributed by atoms with Crippen molar-refractivity contribution in [3.05, 3.63) is 60.2 Å². The third kappa shape index (κ3) is 5.00. The van der Waals surface area contributed by atoms with Gasteiger partial charge in [0.1, 0.15) is 11.5 Å². The Morgan fingerprint density at radius 2 is 1.48 bits per heavy atom. The largest absolute Gasteiger partial charge is 0.494 e. The topological polar surface area (TPSA) is 59.1 Å². The van der Waals surface area contributed by atoms with E-state index in [-0.39, 0.29) is 12.0 Å². The zero-order chi connectivity index (χ0) is 19.1. The Labute approximate surface area is 159 Å². The average molecular weight is 368 g/mol. The minimum atomic E-state index is -0.384. The van der Waals surface area contributed by atoms with Gasteiger partial charge in [-0.15, -0.1) is 0 Å². The van der Waals surface area contributed by atoms with Gasteiger partial charge in [0, 0.05) is 31.7 Å². The zero-order valence-corrected chi connectivity index (χ0v) is 15.5.